The molecule has 0 spiro atoms. The van der Waals surface area contributed by atoms with Gasteiger partial charge in [-0.15, -0.1) is 0 Å². The standard InChI is InChI=1S/C12H13NO2/c1-10-6-3-4-7-11(10)13-9-5-8-12(14)15-2/h3-4,6-7,13H,9H2,1-2H3. The summed E-state index contributed by atoms with van der Waals surface area (Å²) in [4.78, 5) is 10.7. The Morgan fingerprint density at radius 2 is 2.20 bits per heavy atom. The maximum absolute atomic E-state index is 10.7. The summed E-state index contributed by atoms with van der Waals surface area (Å²) in [6.45, 7) is 2.44. The molecule has 0 atom stereocenters. The molecule has 1 aromatic carbocycles. The van der Waals surface area contributed by atoms with Crippen LogP contribution < -0.4 is 5.32 Å². The fourth-order valence-electron chi connectivity index (χ4n) is 1.08. The van der Waals surface area contributed by atoms with Gasteiger partial charge in [0.25, 0.3) is 0 Å². The lowest BCUT2D eigenvalue weighted by Crippen LogP contribution is -2.02. The summed E-state index contributed by atoms with van der Waals surface area (Å²) < 4.78 is 4.39. The van der Waals surface area contributed by atoms with Gasteiger partial charge in [0.15, 0.2) is 0 Å². The molecule has 0 saturated heterocycles. The topological polar surface area (TPSA) is 38.3 Å². The monoisotopic (exact) mass is 203 g/mol. The molecule has 0 aliphatic heterocycles. The summed E-state index contributed by atoms with van der Waals surface area (Å²) in [5.41, 5.74) is 2.18. The van der Waals surface area contributed by atoms with Crippen molar-refractivity contribution in [1.29, 1.82) is 0 Å². The molecule has 0 saturated carbocycles. The second-order valence-electron chi connectivity index (χ2n) is 2.96. The SMILES string of the molecule is COC(=O)C#CCNc1ccccc1C. The third-order valence-corrected chi connectivity index (χ3v) is 1.89. The number of carbonyl (C=O) groups is 1. The number of methoxy groups -OCH3 is 1. The fraction of sp³-hybridized carbons (Fsp3) is 0.250. The van der Waals surface area contributed by atoms with Crippen molar-refractivity contribution in [2.75, 3.05) is 19.0 Å². The summed E-state index contributed by atoms with van der Waals surface area (Å²) in [5.74, 6) is 4.51. The Balaban J connectivity index is 2.47. The number of rotatable bonds is 2. The summed E-state index contributed by atoms with van der Waals surface area (Å²) >= 11 is 0. The molecule has 1 N–H and O–H groups in total. The molecule has 1 aromatic rings. The van der Waals surface area contributed by atoms with Crippen molar-refractivity contribution in [3.63, 3.8) is 0 Å². The number of hydrogen-bond donors (Lipinski definition) is 1. The molecule has 15 heavy (non-hydrogen) atoms. The first kappa shape index (κ1) is 11.1. The van der Waals surface area contributed by atoms with Crippen LogP contribution in [0.1, 0.15) is 5.56 Å². The third-order valence-electron chi connectivity index (χ3n) is 1.89. The van der Waals surface area contributed by atoms with Crippen LogP contribution in [-0.4, -0.2) is 19.6 Å². The molecular weight excluding hydrogens is 190 g/mol. The third kappa shape index (κ3) is 3.74. The Bertz CT molecular complexity index is 402. The van der Waals surface area contributed by atoms with Gasteiger partial charge in [-0.05, 0) is 18.6 Å². The Morgan fingerprint density at radius 3 is 2.87 bits per heavy atom. The molecular formula is C12H13NO2. The van der Waals surface area contributed by atoms with E-state index in [2.05, 4.69) is 21.9 Å². The minimum Gasteiger partial charge on any atom is -0.459 e. The van der Waals surface area contributed by atoms with Crippen LogP contribution in [0.25, 0.3) is 0 Å². The van der Waals surface area contributed by atoms with Crippen LogP contribution in [0.3, 0.4) is 0 Å². The van der Waals surface area contributed by atoms with E-state index in [1.54, 1.807) is 0 Å². The maximum Gasteiger partial charge on any atom is 0.384 e. The molecule has 0 heterocycles. The van der Waals surface area contributed by atoms with Gasteiger partial charge in [0.1, 0.15) is 0 Å². The van der Waals surface area contributed by atoms with E-state index in [1.165, 1.54) is 7.11 Å². The van der Waals surface area contributed by atoms with Crippen molar-refractivity contribution in [2.45, 2.75) is 6.92 Å². The molecule has 3 heteroatoms. The van der Waals surface area contributed by atoms with Crippen molar-refractivity contribution in [1.82, 2.24) is 0 Å². The van der Waals surface area contributed by atoms with E-state index in [9.17, 15) is 4.79 Å². The van der Waals surface area contributed by atoms with Crippen LogP contribution in [0, 0.1) is 18.8 Å². The lowest BCUT2D eigenvalue weighted by Gasteiger charge is -2.04. The van der Waals surface area contributed by atoms with Crippen LogP contribution in [0.5, 0.6) is 0 Å². The number of carbonyl (C=O) groups excluding carboxylic acids is 1. The number of esters is 1. The first-order valence-electron chi connectivity index (χ1n) is 4.60. The summed E-state index contributed by atoms with van der Waals surface area (Å²) in [7, 11) is 1.31. The number of ether oxygens (including phenoxy) is 1. The van der Waals surface area contributed by atoms with Crippen LogP contribution in [0.4, 0.5) is 5.69 Å². The molecule has 3 nitrogen and oxygen atoms in total. The molecule has 0 aliphatic carbocycles. The predicted molar refractivity (Wildman–Crippen MR) is 59.5 cm³/mol. The molecule has 0 aromatic heterocycles. The molecule has 0 radical (unpaired) electrons. The average Bonchev–Trinajstić information content (AvgIpc) is 2.26. The molecule has 0 fully saturated rings. The van der Waals surface area contributed by atoms with Crippen LogP contribution in [0.15, 0.2) is 24.3 Å². The fourth-order valence-corrected chi connectivity index (χ4v) is 1.08. The normalized spacial score (nSPS) is 8.67. The largest absolute Gasteiger partial charge is 0.459 e. The van der Waals surface area contributed by atoms with Gasteiger partial charge in [0.2, 0.25) is 0 Å². The highest BCUT2D eigenvalue weighted by atomic mass is 16.5. The van der Waals surface area contributed by atoms with E-state index in [0.29, 0.717) is 6.54 Å². The zero-order chi connectivity index (χ0) is 11.1. The second-order valence-corrected chi connectivity index (χ2v) is 2.96. The molecule has 1 rings (SSSR count). The van der Waals surface area contributed by atoms with Crippen molar-refractivity contribution in [3.05, 3.63) is 29.8 Å². The summed E-state index contributed by atoms with van der Waals surface area (Å²) in [5, 5.41) is 3.11. The van der Waals surface area contributed by atoms with E-state index >= 15 is 0 Å². The number of hydrogen-bond acceptors (Lipinski definition) is 3. The molecule has 0 aliphatic rings. The number of nitrogens with one attached hydrogen (secondary N) is 1. The quantitative estimate of drug-likeness (QED) is 0.450. The van der Waals surface area contributed by atoms with Crippen molar-refractivity contribution < 1.29 is 9.53 Å². The molecule has 0 unspecified atom stereocenters. The van der Waals surface area contributed by atoms with Crippen LogP contribution >= 0.6 is 0 Å². The zero-order valence-electron chi connectivity index (χ0n) is 8.83. The van der Waals surface area contributed by atoms with Gasteiger partial charge in [0, 0.05) is 11.6 Å². The summed E-state index contributed by atoms with van der Waals surface area (Å²) in [6, 6.07) is 7.90. The number of benzene rings is 1. The highest BCUT2D eigenvalue weighted by Gasteiger charge is 1.93. The van der Waals surface area contributed by atoms with Crippen LogP contribution in [0.2, 0.25) is 0 Å². The minimum absolute atomic E-state index is 0.431. The zero-order valence-corrected chi connectivity index (χ0v) is 8.83. The average molecular weight is 203 g/mol. The van der Waals surface area contributed by atoms with Gasteiger partial charge in [0.05, 0.1) is 13.7 Å². The van der Waals surface area contributed by atoms with Gasteiger partial charge < -0.3 is 10.1 Å². The first-order chi connectivity index (χ1) is 7.24. The number of aryl methyl sites for hydroxylation is 1. The Hall–Kier alpha value is -1.95. The van der Waals surface area contributed by atoms with E-state index < -0.39 is 5.97 Å². The van der Waals surface area contributed by atoms with E-state index in [0.717, 1.165) is 11.3 Å². The Kier molecular flexibility index (Phi) is 4.24. The van der Waals surface area contributed by atoms with Gasteiger partial charge in [-0.2, -0.15) is 0 Å². The van der Waals surface area contributed by atoms with Gasteiger partial charge in [-0.1, -0.05) is 24.1 Å². The minimum atomic E-state index is -0.512. The maximum atomic E-state index is 10.7. The lowest BCUT2D eigenvalue weighted by atomic mass is 10.2. The van der Waals surface area contributed by atoms with Crippen molar-refractivity contribution in [2.24, 2.45) is 0 Å². The first-order valence-corrected chi connectivity index (χ1v) is 4.60. The van der Waals surface area contributed by atoms with Crippen LogP contribution in [-0.2, 0) is 9.53 Å². The van der Waals surface area contributed by atoms with Crippen molar-refractivity contribution in [3.8, 4) is 11.8 Å². The summed E-state index contributed by atoms with van der Waals surface area (Å²) in [6.07, 6.45) is 0. The Labute approximate surface area is 89.4 Å². The smallest absolute Gasteiger partial charge is 0.384 e. The Morgan fingerprint density at radius 1 is 1.47 bits per heavy atom. The highest BCUT2D eigenvalue weighted by Crippen LogP contribution is 2.11. The van der Waals surface area contributed by atoms with E-state index in [1.807, 2.05) is 31.2 Å². The lowest BCUT2D eigenvalue weighted by molar-refractivity contribution is -0.133. The molecule has 0 amide bonds. The number of anilines is 1. The highest BCUT2D eigenvalue weighted by molar-refractivity contribution is 5.88. The van der Waals surface area contributed by atoms with Gasteiger partial charge in [-0.25, -0.2) is 4.79 Å². The predicted octanol–water partition coefficient (Wildman–Crippen LogP) is 1.58. The second kappa shape index (κ2) is 5.71. The van der Waals surface area contributed by atoms with E-state index in [-0.39, 0.29) is 0 Å². The van der Waals surface area contributed by atoms with Gasteiger partial charge >= 0.3 is 5.97 Å². The van der Waals surface area contributed by atoms with Gasteiger partial charge in [-0.3, -0.25) is 0 Å². The van der Waals surface area contributed by atoms with E-state index in [4.69, 9.17) is 0 Å². The number of para-hydroxylation sites is 1. The molecule has 0 bridgehead atoms. The molecule has 78 valence electrons. The van der Waals surface area contributed by atoms with Crippen molar-refractivity contribution >= 4 is 11.7 Å².